The highest BCUT2D eigenvalue weighted by Gasteiger charge is 2.09. The highest BCUT2D eigenvalue weighted by molar-refractivity contribution is 5.95. The van der Waals surface area contributed by atoms with Crippen LogP contribution in [0.4, 0.5) is 5.82 Å². The summed E-state index contributed by atoms with van der Waals surface area (Å²) in [6.07, 6.45) is 4.57. The monoisotopic (exact) mass is 319 g/mol. The molecule has 0 aliphatic carbocycles. The minimum atomic E-state index is 0.565. The zero-order chi connectivity index (χ0) is 16.9. The van der Waals surface area contributed by atoms with Crippen molar-refractivity contribution < 1.29 is 0 Å². The van der Waals surface area contributed by atoms with E-state index in [0.29, 0.717) is 12.4 Å². The number of benzene rings is 2. The van der Waals surface area contributed by atoms with Crippen molar-refractivity contribution in [1.29, 1.82) is 0 Å². The minimum absolute atomic E-state index is 0.565. The molecule has 1 aromatic heterocycles. The molecule has 0 saturated heterocycles. The van der Waals surface area contributed by atoms with Gasteiger partial charge in [0, 0.05) is 11.9 Å². The van der Waals surface area contributed by atoms with E-state index < -0.39 is 0 Å². The molecule has 24 heavy (non-hydrogen) atoms. The summed E-state index contributed by atoms with van der Waals surface area (Å²) < 4.78 is 0. The highest BCUT2D eigenvalue weighted by atomic mass is 14.8. The Kier molecular flexibility index (Phi) is 5.11. The van der Waals surface area contributed by atoms with E-state index in [9.17, 15) is 0 Å². The number of nitrogens with zero attached hydrogens (tertiary/aromatic N) is 1. The molecule has 0 atom stereocenters. The molecule has 3 heteroatoms. The molecule has 0 saturated carbocycles. The number of rotatable bonds is 6. The summed E-state index contributed by atoms with van der Waals surface area (Å²) in [6.45, 7) is 2.78. The normalized spacial score (nSPS) is 11.1. The summed E-state index contributed by atoms with van der Waals surface area (Å²) >= 11 is 0. The molecule has 124 valence electrons. The fraction of sp³-hybridized carbons (Fsp3) is 0.286. The first-order valence-corrected chi connectivity index (χ1v) is 8.70. The second kappa shape index (κ2) is 7.45. The molecular formula is C21H25N3. The molecule has 3 rings (SSSR count). The molecule has 2 aromatic carbocycles. The van der Waals surface area contributed by atoms with E-state index in [0.717, 1.165) is 29.5 Å². The van der Waals surface area contributed by atoms with E-state index in [-0.39, 0.29) is 0 Å². The van der Waals surface area contributed by atoms with E-state index in [1.807, 2.05) is 12.1 Å². The van der Waals surface area contributed by atoms with Crippen LogP contribution in [0.5, 0.6) is 0 Å². The average Bonchev–Trinajstić information content (AvgIpc) is 2.62. The first-order chi connectivity index (χ1) is 11.7. The molecule has 0 aliphatic rings. The molecule has 0 unspecified atom stereocenters. The van der Waals surface area contributed by atoms with Gasteiger partial charge in [0.25, 0.3) is 0 Å². The van der Waals surface area contributed by atoms with Crippen molar-refractivity contribution >= 4 is 16.7 Å². The van der Waals surface area contributed by atoms with E-state index in [1.165, 1.54) is 29.4 Å². The van der Waals surface area contributed by atoms with Gasteiger partial charge >= 0.3 is 0 Å². The van der Waals surface area contributed by atoms with E-state index in [1.54, 1.807) is 0 Å². The van der Waals surface area contributed by atoms with Gasteiger partial charge in [-0.15, -0.1) is 0 Å². The molecule has 4 N–H and O–H groups in total. The number of nitrogens with two attached hydrogens (primary N) is 2. The summed E-state index contributed by atoms with van der Waals surface area (Å²) in [4.78, 5) is 4.63. The lowest BCUT2D eigenvalue weighted by Crippen LogP contribution is -1.99. The van der Waals surface area contributed by atoms with Crippen LogP contribution in [0.2, 0.25) is 0 Å². The fourth-order valence-corrected chi connectivity index (χ4v) is 3.09. The Morgan fingerprint density at radius 3 is 2.50 bits per heavy atom. The Labute approximate surface area is 143 Å². The first-order valence-electron chi connectivity index (χ1n) is 8.70. The Bertz CT molecular complexity index is 822. The average molecular weight is 319 g/mol. The van der Waals surface area contributed by atoms with Crippen molar-refractivity contribution in [3.63, 3.8) is 0 Å². The number of anilines is 1. The third-order valence-electron chi connectivity index (χ3n) is 4.52. The van der Waals surface area contributed by atoms with Gasteiger partial charge in [-0.05, 0) is 47.2 Å². The number of hydrogen-bond donors (Lipinski definition) is 2. The van der Waals surface area contributed by atoms with Gasteiger partial charge in [0.05, 0.1) is 5.52 Å². The third kappa shape index (κ3) is 3.41. The van der Waals surface area contributed by atoms with Crippen LogP contribution < -0.4 is 11.5 Å². The van der Waals surface area contributed by atoms with Gasteiger partial charge < -0.3 is 11.5 Å². The minimum Gasteiger partial charge on any atom is -0.383 e. The molecule has 0 radical (unpaired) electrons. The Morgan fingerprint density at radius 2 is 1.79 bits per heavy atom. The van der Waals surface area contributed by atoms with Crippen molar-refractivity contribution in [2.24, 2.45) is 5.73 Å². The lowest BCUT2D eigenvalue weighted by molar-refractivity contribution is 0.718. The maximum atomic E-state index is 6.17. The van der Waals surface area contributed by atoms with Crippen LogP contribution in [-0.4, -0.2) is 4.98 Å². The predicted molar refractivity (Wildman–Crippen MR) is 103 cm³/mol. The Morgan fingerprint density at radius 1 is 1.00 bits per heavy atom. The van der Waals surface area contributed by atoms with Gasteiger partial charge in [-0.25, -0.2) is 4.98 Å². The molecular weight excluding hydrogens is 294 g/mol. The SMILES string of the molecule is CCCCCc1cc2c(-c3ccc(CN)cc3)cccc2nc1N. The predicted octanol–water partition coefficient (Wildman–Crippen LogP) is 4.68. The van der Waals surface area contributed by atoms with Crippen LogP contribution in [0.1, 0.15) is 37.3 Å². The lowest BCUT2D eigenvalue weighted by Gasteiger charge is -2.11. The van der Waals surface area contributed by atoms with E-state index in [4.69, 9.17) is 11.5 Å². The van der Waals surface area contributed by atoms with Crippen LogP contribution in [0.3, 0.4) is 0 Å². The molecule has 0 bridgehead atoms. The standard InChI is InChI=1S/C21H25N3/c1-2-3-4-6-17-13-19-18(7-5-8-20(19)24-21(17)23)16-11-9-15(14-22)10-12-16/h5,7-13H,2-4,6,14,22H2,1H3,(H2,23,24). The topological polar surface area (TPSA) is 64.9 Å². The van der Waals surface area contributed by atoms with Gasteiger partial charge in [-0.3, -0.25) is 0 Å². The number of unbranched alkanes of at least 4 members (excludes halogenated alkanes) is 2. The highest BCUT2D eigenvalue weighted by Crippen LogP contribution is 2.30. The zero-order valence-electron chi connectivity index (χ0n) is 14.3. The fourth-order valence-electron chi connectivity index (χ4n) is 3.09. The number of aryl methyl sites for hydroxylation is 1. The van der Waals surface area contributed by atoms with Crippen LogP contribution >= 0.6 is 0 Å². The molecule has 0 fully saturated rings. The summed E-state index contributed by atoms with van der Waals surface area (Å²) in [6, 6.07) is 16.9. The number of fused-ring (bicyclic) bond motifs is 1. The molecule has 3 aromatic rings. The molecule has 1 heterocycles. The molecule has 3 nitrogen and oxygen atoms in total. The Hall–Kier alpha value is -2.39. The smallest absolute Gasteiger partial charge is 0.127 e. The van der Waals surface area contributed by atoms with Gasteiger partial charge in [0.15, 0.2) is 0 Å². The number of nitrogen functional groups attached to an aromatic ring is 1. The van der Waals surface area contributed by atoms with Crippen molar-refractivity contribution in [2.75, 3.05) is 5.73 Å². The zero-order valence-corrected chi connectivity index (χ0v) is 14.3. The summed E-state index contributed by atoms with van der Waals surface area (Å²) in [5.74, 6) is 0.661. The van der Waals surface area contributed by atoms with Crippen molar-refractivity contribution in [3.8, 4) is 11.1 Å². The number of aromatic nitrogens is 1. The van der Waals surface area contributed by atoms with Crippen LogP contribution in [0.15, 0.2) is 48.5 Å². The van der Waals surface area contributed by atoms with Crippen molar-refractivity contribution in [2.45, 2.75) is 39.2 Å². The maximum absolute atomic E-state index is 6.17. The Balaban J connectivity index is 2.05. The molecule has 0 amide bonds. The van der Waals surface area contributed by atoms with Gasteiger partial charge in [-0.1, -0.05) is 56.2 Å². The molecule has 0 spiro atoms. The summed E-state index contributed by atoms with van der Waals surface area (Å²) in [5.41, 5.74) is 17.5. The number of hydrogen-bond acceptors (Lipinski definition) is 3. The second-order valence-corrected chi connectivity index (χ2v) is 6.26. The molecule has 0 aliphatic heterocycles. The largest absolute Gasteiger partial charge is 0.383 e. The van der Waals surface area contributed by atoms with Crippen molar-refractivity contribution in [1.82, 2.24) is 4.98 Å². The van der Waals surface area contributed by atoms with E-state index in [2.05, 4.69) is 48.3 Å². The van der Waals surface area contributed by atoms with Gasteiger partial charge in [-0.2, -0.15) is 0 Å². The van der Waals surface area contributed by atoms with Crippen LogP contribution in [0.25, 0.3) is 22.0 Å². The quantitative estimate of drug-likeness (QED) is 0.649. The summed E-state index contributed by atoms with van der Waals surface area (Å²) in [7, 11) is 0. The van der Waals surface area contributed by atoms with Gasteiger partial charge in [0.1, 0.15) is 5.82 Å². The van der Waals surface area contributed by atoms with E-state index >= 15 is 0 Å². The summed E-state index contributed by atoms with van der Waals surface area (Å²) in [5, 5.41) is 1.17. The maximum Gasteiger partial charge on any atom is 0.127 e. The number of pyridine rings is 1. The van der Waals surface area contributed by atoms with Crippen molar-refractivity contribution in [3.05, 3.63) is 59.7 Å². The first kappa shape index (κ1) is 16.5. The second-order valence-electron chi connectivity index (χ2n) is 6.26. The lowest BCUT2D eigenvalue weighted by atomic mass is 9.97. The third-order valence-corrected chi connectivity index (χ3v) is 4.52. The van der Waals surface area contributed by atoms with Crippen LogP contribution in [-0.2, 0) is 13.0 Å². The van der Waals surface area contributed by atoms with Crippen LogP contribution in [0, 0.1) is 0 Å². The van der Waals surface area contributed by atoms with Gasteiger partial charge in [0.2, 0.25) is 0 Å².